The number of benzene rings is 2. The first kappa shape index (κ1) is 53.3. The molecule has 0 aromatic heterocycles. The summed E-state index contributed by atoms with van der Waals surface area (Å²) in [6, 6.07) is 14.7. The van der Waals surface area contributed by atoms with Crippen LogP contribution in [0.5, 0.6) is 0 Å². The van der Waals surface area contributed by atoms with E-state index in [1.807, 2.05) is 0 Å². The standard InChI is InChI=1S/C56H98S2/c1-5-9-13-17-21-25-29-33-37-43-51-45-41-49-55(53(51)47-39-35-31-27-23-19-15-11-7-3)57-58-56-50-42-46-52(44-38-34-30-26-22-18-14-10-6-2)54(56)48-40-36-32-28-24-20-16-12-8-4/h41-42,45-46,49-50H,5-40,43-44,47-48H2,1-4H3. The zero-order chi connectivity index (χ0) is 41.4. The molecule has 2 aromatic rings. The second kappa shape index (κ2) is 40.2. The fourth-order valence-electron chi connectivity index (χ4n) is 8.98. The molecule has 0 aliphatic heterocycles. The van der Waals surface area contributed by atoms with Gasteiger partial charge in [-0.1, -0.05) is 279 Å². The van der Waals surface area contributed by atoms with Gasteiger partial charge in [-0.3, -0.25) is 0 Å². The lowest BCUT2D eigenvalue weighted by molar-refractivity contribution is 0.560. The molecule has 58 heavy (non-hydrogen) atoms. The maximum Gasteiger partial charge on any atom is 0.0221 e. The molecule has 0 bridgehead atoms. The lowest BCUT2D eigenvalue weighted by Crippen LogP contribution is -1.99. The van der Waals surface area contributed by atoms with Crippen molar-refractivity contribution in [3.05, 3.63) is 58.7 Å². The Labute approximate surface area is 372 Å². The van der Waals surface area contributed by atoms with Gasteiger partial charge in [0.05, 0.1) is 0 Å². The van der Waals surface area contributed by atoms with Gasteiger partial charge in [0.15, 0.2) is 0 Å². The molecule has 2 heteroatoms. The topological polar surface area (TPSA) is 0 Å². The molecule has 0 saturated carbocycles. The molecule has 0 aliphatic rings. The predicted octanol–water partition coefficient (Wildman–Crippen LogP) is 20.8. The minimum atomic E-state index is 1.26. The van der Waals surface area contributed by atoms with Crippen molar-refractivity contribution in [3.8, 4) is 0 Å². The van der Waals surface area contributed by atoms with Gasteiger partial charge in [0, 0.05) is 9.79 Å². The molecule has 334 valence electrons. The summed E-state index contributed by atoms with van der Waals surface area (Å²) in [6.07, 6.45) is 55.7. The first-order valence-electron chi connectivity index (χ1n) is 26.3. The third kappa shape index (κ3) is 27.9. The molecule has 2 aromatic carbocycles. The first-order chi connectivity index (χ1) is 28.7. The lowest BCUT2D eigenvalue weighted by Gasteiger charge is -2.17. The molecule has 0 spiro atoms. The molecule has 0 N–H and O–H groups in total. The highest BCUT2D eigenvalue weighted by atomic mass is 33.1. The molecule has 0 radical (unpaired) electrons. The van der Waals surface area contributed by atoms with Crippen molar-refractivity contribution in [1.29, 1.82) is 0 Å². The minimum Gasteiger partial charge on any atom is -0.0654 e. The molecule has 0 heterocycles. The number of rotatable bonds is 43. The summed E-state index contributed by atoms with van der Waals surface area (Å²) in [5.74, 6) is 0. The summed E-state index contributed by atoms with van der Waals surface area (Å²) < 4.78 is 0. The van der Waals surface area contributed by atoms with Crippen molar-refractivity contribution in [2.75, 3.05) is 0 Å². The maximum absolute atomic E-state index is 2.49. The van der Waals surface area contributed by atoms with E-state index in [0.29, 0.717) is 0 Å². The summed E-state index contributed by atoms with van der Waals surface area (Å²) in [5, 5.41) is 0. The third-order valence-corrected chi connectivity index (χ3v) is 15.4. The molecular formula is C56H98S2. The van der Waals surface area contributed by atoms with Gasteiger partial charge < -0.3 is 0 Å². The molecule has 2 rings (SSSR count). The molecule has 0 fully saturated rings. The van der Waals surface area contributed by atoms with E-state index < -0.39 is 0 Å². The monoisotopic (exact) mass is 835 g/mol. The van der Waals surface area contributed by atoms with Crippen LogP contribution in [-0.4, -0.2) is 0 Å². The summed E-state index contributed by atoms with van der Waals surface area (Å²) in [4.78, 5) is 3.10. The Morgan fingerprint density at radius 1 is 0.259 bits per heavy atom. The Kier molecular flexibility index (Phi) is 37.0. The van der Waals surface area contributed by atoms with Crippen molar-refractivity contribution >= 4 is 21.6 Å². The van der Waals surface area contributed by atoms with Crippen LogP contribution in [0, 0.1) is 0 Å². The summed E-state index contributed by atoms with van der Waals surface area (Å²) in [7, 11) is 4.18. The van der Waals surface area contributed by atoms with Gasteiger partial charge in [-0.2, -0.15) is 0 Å². The van der Waals surface area contributed by atoms with Crippen LogP contribution >= 0.6 is 21.6 Å². The summed E-state index contributed by atoms with van der Waals surface area (Å²) in [5.41, 5.74) is 6.69. The van der Waals surface area contributed by atoms with Gasteiger partial charge in [-0.05, 0) is 85.8 Å². The summed E-state index contributed by atoms with van der Waals surface area (Å²) >= 11 is 0. The highest BCUT2D eigenvalue weighted by Gasteiger charge is 2.14. The van der Waals surface area contributed by atoms with Crippen LogP contribution in [0.2, 0.25) is 0 Å². The molecule has 0 amide bonds. The van der Waals surface area contributed by atoms with Crippen LogP contribution in [0.25, 0.3) is 0 Å². The van der Waals surface area contributed by atoms with Crippen LogP contribution in [0.1, 0.15) is 281 Å². The number of unbranched alkanes of at least 4 members (excludes halogenated alkanes) is 32. The minimum absolute atomic E-state index is 1.26. The molecular weight excluding hydrogens is 737 g/mol. The molecule has 0 nitrogen and oxygen atoms in total. The molecule has 0 aliphatic carbocycles. The highest BCUT2D eigenvalue weighted by molar-refractivity contribution is 8.76. The molecule has 0 unspecified atom stereocenters. The van der Waals surface area contributed by atoms with E-state index in [0.717, 1.165) is 0 Å². The van der Waals surface area contributed by atoms with Gasteiger partial charge in [0.25, 0.3) is 0 Å². The normalized spacial score (nSPS) is 11.6. The van der Waals surface area contributed by atoms with Crippen molar-refractivity contribution in [2.24, 2.45) is 0 Å². The van der Waals surface area contributed by atoms with Gasteiger partial charge in [0.2, 0.25) is 0 Å². The highest BCUT2D eigenvalue weighted by Crippen LogP contribution is 2.43. The van der Waals surface area contributed by atoms with E-state index in [1.54, 1.807) is 32.0 Å². The van der Waals surface area contributed by atoms with Crippen LogP contribution in [0.15, 0.2) is 46.2 Å². The van der Waals surface area contributed by atoms with Crippen molar-refractivity contribution in [1.82, 2.24) is 0 Å². The van der Waals surface area contributed by atoms with E-state index in [9.17, 15) is 0 Å². The van der Waals surface area contributed by atoms with Crippen LogP contribution in [0.3, 0.4) is 0 Å². The van der Waals surface area contributed by atoms with Crippen LogP contribution in [0.4, 0.5) is 0 Å². The number of aryl methyl sites for hydroxylation is 2. The predicted molar refractivity (Wildman–Crippen MR) is 268 cm³/mol. The van der Waals surface area contributed by atoms with E-state index in [1.165, 1.54) is 257 Å². The van der Waals surface area contributed by atoms with Crippen LogP contribution < -0.4 is 0 Å². The average Bonchev–Trinajstić information content (AvgIpc) is 3.24. The quantitative estimate of drug-likeness (QED) is 0.0482. The molecule has 0 atom stereocenters. The van der Waals surface area contributed by atoms with Crippen molar-refractivity contribution in [2.45, 2.75) is 294 Å². The third-order valence-electron chi connectivity index (χ3n) is 12.8. The summed E-state index contributed by atoms with van der Waals surface area (Å²) in [6.45, 7) is 9.30. The smallest absolute Gasteiger partial charge is 0.0221 e. The van der Waals surface area contributed by atoms with Gasteiger partial charge >= 0.3 is 0 Å². The van der Waals surface area contributed by atoms with E-state index in [4.69, 9.17) is 0 Å². The van der Waals surface area contributed by atoms with E-state index >= 15 is 0 Å². The first-order valence-corrected chi connectivity index (χ1v) is 28.5. The van der Waals surface area contributed by atoms with Gasteiger partial charge in [-0.25, -0.2) is 0 Å². The van der Waals surface area contributed by atoms with Gasteiger partial charge in [0.1, 0.15) is 0 Å². The second-order valence-corrected chi connectivity index (χ2v) is 20.5. The number of hydrogen-bond acceptors (Lipinski definition) is 2. The largest absolute Gasteiger partial charge is 0.0654 e. The van der Waals surface area contributed by atoms with E-state index in [2.05, 4.69) is 85.7 Å². The Morgan fingerprint density at radius 2 is 0.483 bits per heavy atom. The lowest BCUT2D eigenvalue weighted by atomic mass is 9.96. The second-order valence-electron chi connectivity index (χ2n) is 18.3. The maximum atomic E-state index is 2.49. The van der Waals surface area contributed by atoms with Crippen molar-refractivity contribution in [3.63, 3.8) is 0 Å². The Bertz CT molecular complexity index is 1080. The Balaban J connectivity index is 2.08. The van der Waals surface area contributed by atoms with Crippen LogP contribution in [-0.2, 0) is 25.7 Å². The SMILES string of the molecule is CCCCCCCCCCCc1cccc(SSc2cccc(CCCCCCCCCCC)c2CCCCCCCCCCC)c1CCCCCCCCCCC. The fourth-order valence-corrected chi connectivity index (χ4v) is 11.6. The Hall–Kier alpha value is -0.860. The van der Waals surface area contributed by atoms with Gasteiger partial charge in [-0.15, -0.1) is 0 Å². The Morgan fingerprint density at radius 3 is 0.741 bits per heavy atom. The average molecular weight is 836 g/mol. The fraction of sp³-hybridized carbons (Fsp3) is 0.786. The molecule has 0 saturated heterocycles. The number of hydrogen-bond donors (Lipinski definition) is 0. The zero-order valence-corrected chi connectivity index (χ0v) is 41.2. The van der Waals surface area contributed by atoms with E-state index in [-0.39, 0.29) is 0 Å². The zero-order valence-electron chi connectivity index (χ0n) is 39.6. The van der Waals surface area contributed by atoms with Crippen molar-refractivity contribution < 1.29 is 0 Å².